The van der Waals surface area contributed by atoms with Crippen molar-refractivity contribution in [1.82, 2.24) is 10.3 Å². The molecule has 1 aromatic rings. The van der Waals surface area contributed by atoms with Crippen LogP contribution in [0.2, 0.25) is 0 Å². The summed E-state index contributed by atoms with van der Waals surface area (Å²) in [6.07, 6.45) is 2.44. The Bertz CT molecular complexity index is 582. The Kier molecular flexibility index (Phi) is 2.85. The molecule has 2 atom stereocenters. The van der Waals surface area contributed by atoms with Crippen molar-refractivity contribution in [3.63, 3.8) is 0 Å². The number of hydrogen-bond donors (Lipinski definition) is 2. The number of hydrazone groups is 1. The zero-order valence-corrected chi connectivity index (χ0v) is 11.8. The van der Waals surface area contributed by atoms with E-state index in [1.54, 1.807) is 0 Å². The van der Waals surface area contributed by atoms with Gasteiger partial charge in [-0.1, -0.05) is 18.2 Å². The molecular weight excluding hydrogens is 272 g/mol. The minimum Gasteiger partial charge on any atom is -0.376 e. The van der Waals surface area contributed by atoms with Crippen LogP contribution >= 0.6 is 12.2 Å². The number of nitrogens with zero attached hydrogens (tertiary/aromatic N) is 2. The van der Waals surface area contributed by atoms with Gasteiger partial charge < -0.3 is 15.4 Å². The van der Waals surface area contributed by atoms with Gasteiger partial charge in [-0.15, -0.1) is 0 Å². The number of para-hydroxylation sites is 1. The molecule has 20 heavy (non-hydrogen) atoms. The normalized spacial score (nSPS) is 27.5. The number of hydrogen-bond acceptors (Lipinski definition) is 4. The summed E-state index contributed by atoms with van der Waals surface area (Å²) in [6.45, 7) is 1.58. The molecule has 4 rings (SSSR count). The highest BCUT2D eigenvalue weighted by atomic mass is 32.1. The molecule has 0 spiro atoms. The molecule has 3 aliphatic heterocycles. The van der Waals surface area contributed by atoms with E-state index in [1.165, 1.54) is 0 Å². The molecule has 6 heteroatoms. The highest BCUT2D eigenvalue weighted by Crippen LogP contribution is 2.27. The number of thiocarbonyl (C=S) groups is 1. The predicted octanol–water partition coefficient (Wildman–Crippen LogP) is 1.51. The molecule has 0 saturated carbocycles. The van der Waals surface area contributed by atoms with E-state index in [-0.39, 0.29) is 12.3 Å². The Balaban J connectivity index is 1.62. The third kappa shape index (κ3) is 1.96. The van der Waals surface area contributed by atoms with Crippen molar-refractivity contribution in [1.29, 1.82) is 0 Å². The Morgan fingerprint density at radius 2 is 2.25 bits per heavy atom. The lowest BCUT2D eigenvalue weighted by Crippen LogP contribution is -2.54. The highest BCUT2D eigenvalue weighted by Gasteiger charge is 2.34. The molecule has 3 heterocycles. The maximum Gasteiger partial charge on any atom is 0.191 e. The minimum absolute atomic E-state index is 0.0133. The van der Waals surface area contributed by atoms with Gasteiger partial charge in [0.1, 0.15) is 11.9 Å². The Morgan fingerprint density at radius 1 is 1.35 bits per heavy atom. The zero-order valence-electron chi connectivity index (χ0n) is 11.0. The summed E-state index contributed by atoms with van der Waals surface area (Å²) in [4.78, 5) is 0. The van der Waals surface area contributed by atoms with Crippen LogP contribution in [0.25, 0.3) is 0 Å². The summed E-state index contributed by atoms with van der Waals surface area (Å²) >= 11 is 5.41. The van der Waals surface area contributed by atoms with E-state index in [4.69, 9.17) is 22.1 Å². The van der Waals surface area contributed by atoms with Gasteiger partial charge in [0.15, 0.2) is 5.11 Å². The number of anilines is 1. The van der Waals surface area contributed by atoms with Gasteiger partial charge in [0.25, 0.3) is 0 Å². The smallest absolute Gasteiger partial charge is 0.191 e. The first-order valence-corrected chi connectivity index (χ1v) is 7.36. The van der Waals surface area contributed by atoms with Gasteiger partial charge in [0.2, 0.25) is 0 Å². The van der Waals surface area contributed by atoms with Crippen LogP contribution in [0.1, 0.15) is 18.4 Å². The molecule has 1 fully saturated rings. The van der Waals surface area contributed by atoms with Crippen molar-refractivity contribution in [2.75, 3.05) is 18.5 Å². The lowest BCUT2D eigenvalue weighted by atomic mass is 10.1. The monoisotopic (exact) mass is 288 g/mol. The fraction of sp³-hybridized carbons (Fsp3) is 0.429. The quantitative estimate of drug-likeness (QED) is 0.808. The topological polar surface area (TPSA) is 48.9 Å². The van der Waals surface area contributed by atoms with Crippen molar-refractivity contribution in [3.8, 4) is 0 Å². The second-order valence-corrected chi connectivity index (χ2v) is 5.66. The molecule has 0 bridgehead atoms. The van der Waals surface area contributed by atoms with Crippen LogP contribution in [0.4, 0.5) is 5.69 Å². The maximum absolute atomic E-state index is 5.67. The largest absolute Gasteiger partial charge is 0.376 e. The Hall–Kier alpha value is -1.66. The average Bonchev–Trinajstić information content (AvgIpc) is 3.07. The Labute approximate surface area is 123 Å². The van der Waals surface area contributed by atoms with Gasteiger partial charge >= 0.3 is 0 Å². The Morgan fingerprint density at radius 3 is 3.10 bits per heavy atom. The third-order valence-corrected chi connectivity index (χ3v) is 4.24. The molecule has 0 amide bonds. The van der Waals surface area contributed by atoms with E-state index in [0.29, 0.717) is 5.11 Å². The molecule has 0 aliphatic carbocycles. The lowest BCUT2D eigenvalue weighted by Gasteiger charge is -2.31. The fourth-order valence-corrected chi connectivity index (χ4v) is 3.14. The van der Waals surface area contributed by atoms with E-state index in [0.717, 1.165) is 43.0 Å². The lowest BCUT2D eigenvalue weighted by molar-refractivity contribution is 0.0911. The predicted molar refractivity (Wildman–Crippen MR) is 81.8 cm³/mol. The first-order chi connectivity index (χ1) is 9.81. The molecule has 1 aromatic carbocycles. The third-order valence-electron chi connectivity index (χ3n) is 3.91. The number of rotatable bonds is 2. The molecule has 3 aliphatic rings. The van der Waals surface area contributed by atoms with E-state index < -0.39 is 0 Å². The van der Waals surface area contributed by atoms with Crippen molar-refractivity contribution < 1.29 is 4.74 Å². The van der Waals surface area contributed by atoms with Crippen LogP contribution in [-0.2, 0) is 4.74 Å². The molecule has 0 radical (unpaired) electrons. The summed E-state index contributed by atoms with van der Waals surface area (Å²) in [5.74, 6) is 0. The van der Waals surface area contributed by atoms with Crippen LogP contribution in [0.5, 0.6) is 0 Å². The van der Waals surface area contributed by atoms with E-state index in [9.17, 15) is 0 Å². The van der Waals surface area contributed by atoms with E-state index in [1.807, 2.05) is 17.1 Å². The number of ether oxygens (including phenoxy) is 1. The van der Waals surface area contributed by atoms with Crippen molar-refractivity contribution in [2.45, 2.75) is 25.1 Å². The van der Waals surface area contributed by atoms with Gasteiger partial charge in [-0.25, -0.2) is 5.01 Å². The molecule has 2 N–H and O–H groups in total. The van der Waals surface area contributed by atoms with Gasteiger partial charge in [0.05, 0.1) is 12.6 Å². The van der Waals surface area contributed by atoms with Crippen LogP contribution in [0, 0.1) is 0 Å². The van der Waals surface area contributed by atoms with Crippen LogP contribution in [-0.4, -0.2) is 41.3 Å². The summed E-state index contributed by atoms with van der Waals surface area (Å²) in [5.41, 5.74) is 3.25. The molecule has 0 aromatic heterocycles. The zero-order chi connectivity index (χ0) is 13.5. The second kappa shape index (κ2) is 4.71. The highest BCUT2D eigenvalue weighted by molar-refractivity contribution is 7.80. The van der Waals surface area contributed by atoms with Crippen molar-refractivity contribution >= 4 is 28.7 Å². The number of nitrogens with one attached hydrogen (secondary N) is 2. The number of fused-ring (bicyclic) bond motifs is 3. The summed E-state index contributed by atoms with van der Waals surface area (Å²) in [5, 5.41) is 14.0. The summed E-state index contributed by atoms with van der Waals surface area (Å²) in [6, 6.07) is 8.20. The van der Waals surface area contributed by atoms with Crippen molar-refractivity contribution in [2.24, 2.45) is 5.10 Å². The van der Waals surface area contributed by atoms with Crippen LogP contribution < -0.4 is 10.6 Å². The molecule has 2 unspecified atom stereocenters. The van der Waals surface area contributed by atoms with Gasteiger partial charge in [-0.2, -0.15) is 5.10 Å². The van der Waals surface area contributed by atoms with Gasteiger partial charge in [-0.05, 0) is 31.1 Å². The maximum atomic E-state index is 5.67. The fourth-order valence-electron chi connectivity index (χ4n) is 2.91. The summed E-state index contributed by atoms with van der Waals surface area (Å²) < 4.78 is 5.67. The van der Waals surface area contributed by atoms with E-state index in [2.05, 4.69) is 22.8 Å². The first-order valence-electron chi connectivity index (χ1n) is 6.95. The van der Waals surface area contributed by atoms with Crippen LogP contribution in [0.15, 0.2) is 29.4 Å². The van der Waals surface area contributed by atoms with E-state index >= 15 is 0 Å². The van der Waals surface area contributed by atoms with Crippen molar-refractivity contribution in [3.05, 3.63) is 29.8 Å². The van der Waals surface area contributed by atoms with Gasteiger partial charge in [-0.3, -0.25) is 0 Å². The molecular formula is C14H16N4OS. The standard InChI is InChI=1S/C14H16N4OS/c20-14-16-13-12(10-5-1-2-6-11(10)15-13)17-18(14)8-9-4-3-7-19-9/h1-2,5-6,9,13,15H,3-4,7-8H2,(H,16,20). The van der Waals surface area contributed by atoms with Gasteiger partial charge in [0, 0.05) is 17.9 Å². The van der Waals surface area contributed by atoms with Crippen LogP contribution in [0.3, 0.4) is 0 Å². The molecule has 5 nitrogen and oxygen atoms in total. The number of benzene rings is 1. The first kappa shape index (κ1) is 12.1. The second-order valence-electron chi connectivity index (χ2n) is 5.27. The average molecular weight is 288 g/mol. The minimum atomic E-state index is -0.0133. The SMILES string of the molecule is S=C1NC2Nc3ccccc3C2=NN1CC1CCCO1. The molecule has 1 saturated heterocycles. The molecule has 104 valence electrons. The summed E-state index contributed by atoms with van der Waals surface area (Å²) in [7, 11) is 0.